The number of carboxylic acid groups (broad SMARTS) is 1. The van der Waals surface area contributed by atoms with Crippen molar-refractivity contribution in [3.63, 3.8) is 0 Å². The van der Waals surface area contributed by atoms with Crippen molar-refractivity contribution < 1.29 is 19.4 Å². The van der Waals surface area contributed by atoms with E-state index in [0.29, 0.717) is 11.3 Å². The Kier molecular flexibility index (Phi) is 8.10. The third-order valence-electron chi connectivity index (χ3n) is 7.86. The van der Waals surface area contributed by atoms with Gasteiger partial charge in [0.25, 0.3) is 5.91 Å². The number of aliphatic carboxylic acids is 1. The first-order valence-corrected chi connectivity index (χ1v) is 13.8. The van der Waals surface area contributed by atoms with E-state index in [1.807, 2.05) is 37.3 Å². The van der Waals surface area contributed by atoms with E-state index in [0.717, 1.165) is 33.3 Å². The van der Waals surface area contributed by atoms with Crippen molar-refractivity contribution in [2.75, 3.05) is 0 Å². The first-order valence-electron chi connectivity index (χ1n) is 13.8. The summed E-state index contributed by atoms with van der Waals surface area (Å²) in [6.07, 6.45) is -0.912. The van der Waals surface area contributed by atoms with Crippen LogP contribution in [0.4, 0.5) is 0 Å². The number of fused-ring (bicyclic) bond motifs is 1. The summed E-state index contributed by atoms with van der Waals surface area (Å²) in [5.74, 6) is -0.580. The maximum Gasteiger partial charge on any atom is 0.344 e. The Labute approximate surface area is 237 Å². The van der Waals surface area contributed by atoms with Crippen molar-refractivity contribution >= 4 is 22.8 Å². The molecule has 0 bridgehead atoms. The number of carboxylic acids is 1. The van der Waals surface area contributed by atoms with Crippen molar-refractivity contribution in [3.8, 4) is 5.75 Å². The van der Waals surface area contributed by atoms with Gasteiger partial charge in [0.05, 0.1) is 12.1 Å². The standard InChI is InChI=1S/C34H40N2O4/c1-20-22(3)36(23(4)26-11-16-29(17-12-26)40-24(5)33(38)39)31-18-13-27(19-30(20)31)32(37)35-21(2)25-9-14-28(15-10-25)34(6,7)8/h9-19,21,23-24H,1-8H3,(H,35,37)(H,38,39). The Balaban J connectivity index is 1.55. The molecular formula is C34H40N2O4. The van der Waals surface area contributed by atoms with Crippen molar-refractivity contribution in [1.29, 1.82) is 0 Å². The lowest BCUT2D eigenvalue weighted by Gasteiger charge is -2.21. The average Bonchev–Trinajstić information content (AvgIpc) is 3.17. The Bertz CT molecular complexity index is 1530. The van der Waals surface area contributed by atoms with Crippen LogP contribution in [0.1, 0.15) is 91.9 Å². The Morgan fingerprint density at radius 2 is 1.48 bits per heavy atom. The summed E-state index contributed by atoms with van der Waals surface area (Å²) in [5, 5.41) is 13.3. The lowest BCUT2D eigenvalue weighted by atomic mass is 9.86. The summed E-state index contributed by atoms with van der Waals surface area (Å²) in [6.45, 7) is 16.4. The zero-order valence-electron chi connectivity index (χ0n) is 24.7. The number of aryl methyl sites for hydroxylation is 1. The largest absolute Gasteiger partial charge is 0.479 e. The van der Waals surface area contributed by atoms with E-state index < -0.39 is 12.1 Å². The van der Waals surface area contributed by atoms with Gasteiger partial charge in [0, 0.05) is 22.2 Å². The Morgan fingerprint density at radius 3 is 2.05 bits per heavy atom. The Hall–Kier alpha value is -4.06. The van der Waals surface area contributed by atoms with E-state index in [-0.39, 0.29) is 23.4 Å². The molecule has 40 heavy (non-hydrogen) atoms. The van der Waals surface area contributed by atoms with Crippen molar-refractivity contribution in [3.05, 3.63) is 100 Å². The molecule has 0 aliphatic heterocycles. The molecule has 6 nitrogen and oxygen atoms in total. The summed E-state index contributed by atoms with van der Waals surface area (Å²) in [7, 11) is 0. The van der Waals surface area contributed by atoms with Gasteiger partial charge in [0.2, 0.25) is 0 Å². The fraction of sp³-hybridized carbons (Fsp3) is 0.353. The fourth-order valence-electron chi connectivity index (χ4n) is 5.11. The maximum atomic E-state index is 13.2. The van der Waals surface area contributed by atoms with E-state index in [2.05, 4.69) is 75.7 Å². The zero-order valence-corrected chi connectivity index (χ0v) is 24.7. The number of hydrogen-bond acceptors (Lipinski definition) is 3. The van der Waals surface area contributed by atoms with E-state index in [1.54, 1.807) is 12.1 Å². The number of rotatable bonds is 8. The first-order chi connectivity index (χ1) is 18.8. The number of amides is 1. The van der Waals surface area contributed by atoms with Crippen LogP contribution in [-0.2, 0) is 10.2 Å². The van der Waals surface area contributed by atoms with Gasteiger partial charge in [-0.1, -0.05) is 57.2 Å². The highest BCUT2D eigenvalue weighted by Gasteiger charge is 2.20. The van der Waals surface area contributed by atoms with Crippen LogP contribution in [0.15, 0.2) is 66.7 Å². The molecule has 1 aromatic heterocycles. The van der Waals surface area contributed by atoms with Gasteiger partial charge in [-0.2, -0.15) is 0 Å². The van der Waals surface area contributed by atoms with Crippen molar-refractivity contribution in [2.24, 2.45) is 0 Å². The summed E-state index contributed by atoms with van der Waals surface area (Å²) in [5.41, 5.74) is 7.46. The molecule has 4 aromatic rings. The van der Waals surface area contributed by atoms with E-state index in [9.17, 15) is 9.59 Å². The molecule has 210 valence electrons. The number of ether oxygens (including phenoxy) is 1. The zero-order chi connectivity index (χ0) is 29.4. The molecule has 6 heteroatoms. The van der Waals surface area contributed by atoms with Gasteiger partial charge in [-0.05, 0) is 92.6 Å². The normalized spacial score (nSPS) is 14.0. The predicted octanol–water partition coefficient (Wildman–Crippen LogP) is 7.51. The summed E-state index contributed by atoms with van der Waals surface area (Å²) in [6, 6.07) is 21.8. The van der Waals surface area contributed by atoms with Gasteiger partial charge < -0.3 is 19.7 Å². The molecule has 0 aliphatic rings. The van der Waals surface area contributed by atoms with E-state index >= 15 is 0 Å². The lowest BCUT2D eigenvalue weighted by Crippen LogP contribution is -2.26. The van der Waals surface area contributed by atoms with Gasteiger partial charge in [-0.25, -0.2) is 4.79 Å². The van der Waals surface area contributed by atoms with Crippen LogP contribution in [0.25, 0.3) is 10.9 Å². The molecule has 0 saturated carbocycles. The van der Waals surface area contributed by atoms with Gasteiger partial charge >= 0.3 is 5.97 Å². The third kappa shape index (κ3) is 5.91. The molecule has 0 radical (unpaired) electrons. The molecule has 4 rings (SSSR count). The highest BCUT2D eigenvalue weighted by molar-refractivity contribution is 5.99. The second-order valence-corrected chi connectivity index (χ2v) is 11.7. The molecule has 2 N–H and O–H groups in total. The van der Waals surface area contributed by atoms with Gasteiger partial charge in [-0.15, -0.1) is 0 Å². The van der Waals surface area contributed by atoms with Gasteiger partial charge in [0.1, 0.15) is 5.75 Å². The number of nitrogens with zero attached hydrogens (tertiary/aromatic N) is 1. The second kappa shape index (κ2) is 11.2. The third-order valence-corrected chi connectivity index (χ3v) is 7.86. The fourth-order valence-corrected chi connectivity index (χ4v) is 5.11. The van der Waals surface area contributed by atoms with Crippen molar-refractivity contribution in [1.82, 2.24) is 9.88 Å². The van der Waals surface area contributed by atoms with Gasteiger partial charge in [-0.3, -0.25) is 4.79 Å². The first kappa shape index (κ1) is 28.9. The van der Waals surface area contributed by atoms with Gasteiger partial charge in [0.15, 0.2) is 6.10 Å². The molecule has 3 atom stereocenters. The number of carbonyl (C=O) groups is 2. The second-order valence-electron chi connectivity index (χ2n) is 11.7. The summed E-state index contributed by atoms with van der Waals surface area (Å²) >= 11 is 0. The molecule has 0 fully saturated rings. The number of aromatic nitrogens is 1. The molecule has 0 aliphatic carbocycles. The molecular weight excluding hydrogens is 500 g/mol. The highest BCUT2D eigenvalue weighted by atomic mass is 16.5. The highest BCUT2D eigenvalue weighted by Crippen LogP contribution is 2.33. The van der Waals surface area contributed by atoms with Crippen LogP contribution in [0.2, 0.25) is 0 Å². The smallest absolute Gasteiger partial charge is 0.344 e. The van der Waals surface area contributed by atoms with E-state index in [1.165, 1.54) is 12.5 Å². The summed E-state index contributed by atoms with van der Waals surface area (Å²) < 4.78 is 7.76. The Morgan fingerprint density at radius 1 is 0.875 bits per heavy atom. The molecule has 1 amide bonds. The number of benzene rings is 3. The average molecular weight is 541 g/mol. The van der Waals surface area contributed by atoms with Crippen LogP contribution >= 0.6 is 0 Å². The van der Waals surface area contributed by atoms with E-state index in [4.69, 9.17) is 9.84 Å². The molecule has 3 unspecified atom stereocenters. The minimum atomic E-state index is -1.00. The minimum absolute atomic E-state index is 0.0258. The number of nitrogens with one attached hydrogen (secondary N) is 1. The van der Waals surface area contributed by atoms with Crippen LogP contribution in [0, 0.1) is 13.8 Å². The quantitative estimate of drug-likeness (QED) is 0.242. The lowest BCUT2D eigenvalue weighted by molar-refractivity contribution is -0.144. The number of carbonyl (C=O) groups excluding carboxylic acids is 1. The number of hydrogen-bond donors (Lipinski definition) is 2. The SMILES string of the molecule is Cc1c(C)n(C(C)c2ccc(OC(C)C(=O)O)cc2)c2ccc(C(=O)NC(C)c3ccc(C(C)(C)C)cc3)cc12. The molecule has 1 heterocycles. The van der Waals surface area contributed by atoms with Crippen LogP contribution in [0.5, 0.6) is 5.75 Å². The molecule has 3 aromatic carbocycles. The topological polar surface area (TPSA) is 80.6 Å². The monoisotopic (exact) mass is 540 g/mol. The van der Waals surface area contributed by atoms with Crippen LogP contribution < -0.4 is 10.1 Å². The van der Waals surface area contributed by atoms with Crippen molar-refractivity contribution in [2.45, 2.75) is 79.0 Å². The maximum absolute atomic E-state index is 13.2. The predicted molar refractivity (Wildman–Crippen MR) is 160 cm³/mol. The van der Waals surface area contributed by atoms with Crippen LogP contribution in [-0.4, -0.2) is 27.7 Å². The minimum Gasteiger partial charge on any atom is -0.479 e. The molecule has 0 saturated heterocycles. The molecule has 0 spiro atoms. The summed E-state index contributed by atoms with van der Waals surface area (Å²) in [4.78, 5) is 24.3. The van der Waals surface area contributed by atoms with Crippen LogP contribution in [0.3, 0.4) is 0 Å².